The van der Waals surface area contributed by atoms with Crippen molar-refractivity contribution in [2.24, 2.45) is 0 Å². The first-order valence-electron chi connectivity index (χ1n) is 16.0. The number of nitrogens with one attached hydrogen (secondary N) is 1. The minimum absolute atomic E-state index is 0.246. The summed E-state index contributed by atoms with van der Waals surface area (Å²) in [5, 5.41) is 3.50. The van der Waals surface area contributed by atoms with Crippen LogP contribution in [-0.2, 0) is 30.7 Å². The van der Waals surface area contributed by atoms with E-state index in [-0.39, 0.29) is 18.7 Å². The molecule has 10 heteroatoms. The summed E-state index contributed by atoms with van der Waals surface area (Å²) in [6.45, 7) is 5.36. The maximum Gasteiger partial charge on any atom is 0.410 e. The number of ether oxygens (including phenoxy) is 2. The van der Waals surface area contributed by atoms with Crippen LogP contribution >= 0.6 is 11.8 Å². The van der Waals surface area contributed by atoms with Crippen LogP contribution in [-0.4, -0.2) is 84.0 Å². The second-order valence-corrected chi connectivity index (χ2v) is 13.4. The van der Waals surface area contributed by atoms with E-state index in [9.17, 15) is 4.79 Å². The Hall–Kier alpha value is -3.34. The number of rotatable bonds is 7. The summed E-state index contributed by atoms with van der Waals surface area (Å²) < 4.78 is 12.2. The molecule has 1 amide bonds. The molecule has 2 aromatic carbocycles. The number of fused-ring (bicyclic) bond motifs is 2. The fourth-order valence-corrected chi connectivity index (χ4v) is 8.13. The van der Waals surface area contributed by atoms with Gasteiger partial charge >= 0.3 is 12.1 Å². The first-order chi connectivity index (χ1) is 21.6. The predicted molar refractivity (Wildman–Crippen MR) is 172 cm³/mol. The molecule has 1 N–H and O–H groups in total. The minimum atomic E-state index is -0.312. The van der Waals surface area contributed by atoms with Crippen LogP contribution < -0.4 is 15.0 Å². The van der Waals surface area contributed by atoms with Crippen molar-refractivity contribution in [1.82, 2.24) is 25.1 Å². The Balaban J connectivity index is 1.18. The lowest BCUT2D eigenvalue weighted by Crippen LogP contribution is -2.49. The first-order valence-corrected chi connectivity index (χ1v) is 17.0. The number of carbonyl (C=O) groups excluding carboxylic acids is 1. The monoisotopic (exact) mass is 614 g/mol. The zero-order valence-corrected chi connectivity index (χ0v) is 26.4. The molecule has 2 fully saturated rings. The maximum atomic E-state index is 13.5. The van der Waals surface area contributed by atoms with Gasteiger partial charge in [-0.3, -0.25) is 4.90 Å². The number of piperazine rings is 1. The molecule has 232 valence electrons. The largest absolute Gasteiger partial charge is 0.462 e. The quantitative estimate of drug-likeness (QED) is 0.402. The second kappa shape index (κ2) is 13.3. The number of nitrogens with zero attached hydrogens (tertiary/aromatic N) is 5. The van der Waals surface area contributed by atoms with Crippen molar-refractivity contribution in [2.45, 2.75) is 62.2 Å². The van der Waals surface area contributed by atoms with Crippen molar-refractivity contribution < 1.29 is 14.3 Å². The van der Waals surface area contributed by atoms with E-state index >= 15 is 0 Å². The van der Waals surface area contributed by atoms with Gasteiger partial charge in [-0.15, -0.1) is 11.8 Å². The standard InChI is InChI=1S/C34H42N6O3S/c1-38-16-6-12-26(38)23-42-33-36-28-21-39(29-13-5-10-25-11-7-19-44-32(25)29)17-14-27(28)31(37-33)30-20-35-15-18-40(30)34(41)43-22-24-8-3-2-4-9-24/h2-5,8-10,13,26,30,35H,6-7,11-12,14-23H2,1H3/t26-,30?/m0/s1. The van der Waals surface area contributed by atoms with Gasteiger partial charge in [0, 0.05) is 42.7 Å². The molecule has 3 aromatic rings. The van der Waals surface area contributed by atoms with Crippen LogP contribution in [0, 0.1) is 0 Å². The van der Waals surface area contributed by atoms with E-state index in [1.165, 1.54) is 34.7 Å². The molecule has 1 unspecified atom stereocenters. The van der Waals surface area contributed by atoms with E-state index in [0.29, 0.717) is 44.8 Å². The molecule has 1 aromatic heterocycles. The van der Waals surface area contributed by atoms with Crippen LogP contribution in [0.2, 0.25) is 0 Å². The second-order valence-electron chi connectivity index (χ2n) is 12.2. The van der Waals surface area contributed by atoms with Crippen LogP contribution in [0.1, 0.15) is 53.4 Å². The molecule has 0 radical (unpaired) electrons. The Bertz CT molecular complexity index is 1470. The third-order valence-electron chi connectivity index (χ3n) is 9.40. The highest BCUT2D eigenvalue weighted by atomic mass is 32.2. The van der Waals surface area contributed by atoms with Gasteiger partial charge in [-0.1, -0.05) is 42.5 Å². The van der Waals surface area contributed by atoms with Crippen LogP contribution in [0.15, 0.2) is 53.4 Å². The summed E-state index contributed by atoms with van der Waals surface area (Å²) >= 11 is 1.98. The number of hydrogen-bond acceptors (Lipinski definition) is 9. The van der Waals surface area contributed by atoms with Crippen molar-refractivity contribution in [3.63, 3.8) is 0 Å². The van der Waals surface area contributed by atoms with Gasteiger partial charge in [0.1, 0.15) is 13.2 Å². The zero-order chi connectivity index (χ0) is 29.9. The molecule has 7 rings (SSSR count). The Kier molecular flexibility index (Phi) is 8.91. The number of carbonyl (C=O) groups is 1. The van der Waals surface area contributed by atoms with Crippen molar-refractivity contribution in [2.75, 3.05) is 57.0 Å². The summed E-state index contributed by atoms with van der Waals surface area (Å²) in [6.07, 6.45) is 5.18. The molecule has 2 saturated heterocycles. The molecule has 5 heterocycles. The highest BCUT2D eigenvalue weighted by molar-refractivity contribution is 7.99. The number of amides is 1. The molecule has 0 spiro atoms. The van der Waals surface area contributed by atoms with E-state index in [0.717, 1.165) is 54.9 Å². The first kappa shape index (κ1) is 29.4. The van der Waals surface area contributed by atoms with Crippen molar-refractivity contribution in [3.05, 3.63) is 76.6 Å². The highest BCUT2D eigenvalue weighted by Crippen LogP contribution is 2.40. The van der Waals surface area contributed by atoms with Crippen molar-refractivity contribution in [3.8, 4) is 6.01 Å². The van der Waals surface area contributed by atoms with Gasteiger partial charge in [-0.2, -0.15) is 9.97 Å². The molecular weight excluding hydrogens is 572 g/mol. The number of aromatic nitrogens is 2. The van der Waals surface area contributed by atoms with E-state index < -0.39 is 0 Å². The lowest BCUT2D eigenvalue weighted by atomic mass is 9.96. The minimum Gasteiger partial charge on any atom is -0.462 e. The number of benzene rings is 2. The summed E-state index contributed by atoms with van der Waals surface area (Å²) in [6, 6.07) is 17.1. The predicted octanol–water partition coefficient (Wildman–Crippen LogP) is 4.83. The van der Waals surface area contributed by atoms with Gasteiger partial charge in [-0.25, -0.2) is 4.79 Å². The number of likely N-dealkylation sites (tertiary alicyclic amines) is 1. The molecule has 4 aliphatic heterocycles. The normalized spacial score (nSPS) is 21.9. The molecule has 0 bridgehead atoms. The van der Waals surface area contributed by atoms with E-state index in [2.05, 4.69) is 40.4 Å². The Morgan fingerprint density at radius 2 is 1.95 bits per heavy atom. The maximum absolute atomic E-state index is 13.5. The third kappa shape index (κ3) is 6.25. The van der Waals surface area contributed by atoms with Gasteiger partial charge in [0.25, 0.3) is 0 Å². The number of hydrogen-bond donors (Lipinski definition) is 1. The van der Waals surface area contributed by atoms with Crippen LogP contribution in [0.4, 0.5) is 10.5 Å². The van der Waals surface area contributed by atoms with E-state index in [4.69, 9.17) is 19.4 Å². The zero-order valence-electron chi connectivity index (χ0n) is 25.5. The SMILES string of the molecule is CN1CCC[C@H]1COc1nc2c(c(C3CNCCN3C(=O)OCc3ccccc3)n1)CCN(c1cccc3c1SCCC3)C2. The molecule has 4 aliphatic rings. The lowest BCUT2D eigenvalue weighted by molar-refractivity contribution is 0.0705. The van der Waals surface area contributed by atoms with Gasteiger partial charge < -0.3 is 24.6 Å². The van der Waals surface area contributed by atoms with Gasteiger partial charge in [-0.05, 0) is 68.6 Å². The van der Waals surface area contributed by atoms with Gasteiger partial charge in [0.05, 0.1) is 29.7 Å². The summed E-state index contributed by atoms with van der Waals surface area (Å²) in [4.78, 5) is 31.7. The van der Waals surface area contributed by atoms with E-state index in [1.807, 2.05) is 47.0 Å². The molecule has 0 aliphatic carbocycles. The molecule has 0 saturated carbocycles. The number of thioether (sulfide) groups is 1. The number of aryl methyl sites for hydroxylation is 1. The molecular formula is C34H42N6O3S. The summed E-state index contributed by atoms with van der Waals surface area (Å²) in [7, 11) is 2.16. The molecule has 44 heavy (non-hydrogen) atoms. The Labute approximate surface area is 264 Å². The molecule has 9 nitrogen and oxygen atoms in total. The average molecular weight is 615 g/mol. The van der Waals surface area contributed by atoms with Gasteiger partial charge in [0.2, 0.25) is 0 Å². The smallest absolute Gasteiger partial charge is 0.410 e. The van der Waals surface area contributed by atoms with Crippen molar-refractivity contribution >= 4 is 23.5 Å². The van der Waals surface area contributed by atoms with Crippen molar-refractivity contribution in [1.29, 1.82) is 0 Å². The summed E-state index contributed by atoms with van der Waals surface area (Å²) in [5.41, 5.74) is 6.75. The van der Waals surface area contributed by atoms with Crippen LogP contribution in [0.25, 0.3) is 0 Å². The lowest BCUT2D eigenvalue weighted by Gasteiger charge is -2.38. The fraction of sp³-hybridized carbons (Fsp3) is 0.500. The Morgan fingerprint density at radius 3 is 2.82 bits per heavy atom. The average Bonchev–Trinajstić information content (AvgIpc) is 3.50. The topological polar surface area (TPSA) is 83.1 Å². The highest BCUT2D eigenvalue weighted by Gasteiger charge is 2.35. The fourth-order valence-electron chi connectivity index (χ4n) is 6.93. The van der Waals surface area contributed by atoms with Crippen LogP contribution in [0.5, 0.6) is 6.01 Å². The van der Waals surface area contributed by atoms with Crippen LogP contribution in [0.3, 0.4) is 0 Å². The third-order valence-corrected chi connectivity index (χ3v) is 10.7. The Morgan fingerprint density at radius 1 is 1.05 bits per heavy atom. The molecule has 2 atom stereocenters. The number of likely N-dealkylation sites (N-methyl/N-ethyl adjacent to an activating group) is 1. The van der Waals surface area contributed by atoms with E-state index in [1.54, 1.807) is 0 Å². The number of anilines is 1. The van der Waals surface area contributed by atoms with Gasteiger partial charge in [0.15, 0.2) is 0 Å². The summed E-state index contributed by atoms with van der Waals surface area (Å²) in [5.74, 6) is 1.17.